The molecule has 0 aromatic rings. The van der Waals surface area contributed by atoms with E-state index < -0.39 is 5.60 Å². The summed E-state index contributed by atoms with van der Waals surface area (Å²) in [7, 11) is 0. The van der Waals surface area contributed by atoms with Gasteiger partial charge in [0.15, 0.2) is 0 Å². The molecule has 108 valence electrons. The molecule has 2 N–H and O–H groups in total. The molecular formula is C16H33NO. The van der Waals surface area contributed by atoms with Crippen LogP contribution in [0.3, 0.4) is 0 Å². The summed E-state index contributed by atoms with van der Waals surface area (Å²) < 4.78 is 0. The van der Waals surface area contributed by atoms with Crippen molar-refractivity contribution in [1.29, 1.82) is 0 Å². The molecule has 0 amide bonds. The Bertz CT molecular complexity index is 231. The average molecular weight is 255 g/mol. The van der Waals surface area contributed by atoms with Gasteiger partial charge < -0.3 is 10.4 Å². The molecule has 1 saturated carbocycles. The summed E-state index contributed by atoms with van der Waals surface area (Å²) in [6, 6.07) is 0.571. The summed E-state index contributed by atoms with van der Waals surface area (Å²) in [5.74, 6) is 1.46. The fourth-order valence-electron chi connectivity index (χ4n) is 3.17. The van der Waals surface area contributed by atoms with Crippen LogP contribution in [0.2, 0.25) is 0 Å². The highest BCUT2D eigenvalue weighted by atomic mass is 16.3. The van der Waals surface area contributed by atoms with Gasteiger partial charge in [0.25, 0.3) is 0 Å². The highest BCUT2D eigenvalue weighted by Gasteiger charge is 2.32. The summed E-state index contributed by atoms with van der Waals surface area (Å²) in [6.45, 7) is 9.87. The van der Waals surface area contributed by atoms with E-state index in [4.69, 9.17) is 0 Å². The van der Waals surface area contributed by atoms with E-state index in [9.17, 15) is 5.11 Å². The highest BCUT2D eigenvalue weighted by Crippen LogP contribution is 2.31. The van der Waals surface area contributed by atoms with Crippen molar-refractivity contribution in [1.82, 2.24) is 5.32 Å². The van der Waals surface area contributed by atoms with Crippen LogP contribution in [0, 0.1) is 11.8 Å². The van der Waals surface area contributed by atoms with Crippen LogP contribution >= 0.6 is 0 Å². The maximum absolute atomic E-state index is 10.6. The van der Waals surface area contributed by atoms with Gasteiger partial charge in [0.1, 0.15) is 0 Å². The normalized spacial score (nSPS) is 32.2. The molecule has 0 aromatic carbocycles. The van der Waals surface area contributed by atoms with Crippen molar-refractivity contribution < 1.29 is 5.11 Å². The monoisotopic (exact) mass is 255 g/mol. The van der Waals surface area contributed by atoms with Gasteiger partial charge in [-0.1, -0.05) is 47.0 Å². The van der Waals surface area contributed by atoms with E-state index in [1.807, 2.05) is 0 Å². The molecule has 0 heterocycles. The molecule has 0 radical (unpaired) electrons. The largest absolute Gasteiger partial charge is 0.389 e. The Kier molecular flexibility index (Phi) is 6.65. The average Bonchev–Trinajstić information content (AvgIpc) is 2.33. The smallest absolute Gasteiger partial charge is 0.0774 e. The Morgan fingerprint density at radius 1 is 1.33 bits per heavy atom. The molecule has 1 rings (SSSR count). The van der Waals surface area contributed by atoms with Crippen LogP contribution in [-0.2, 0) is 0 Å². The zero-order chi connectivity index (χ0) is 13.6. The third-order valence-corrected chi connectivity index (χ3v) is 4.66. The fraction of sp³-hybridized carbons (Fsp3) is 1.00. The number of hydrogen-bond acceptors (Lipinski definition) is 2. The third-order valence-electron chi connectivity index (χ3n) is 4.66. The SMILES string of the molecule is CCC(C)CC(CC)NCC1(O)CCCC(C)C1. The van der Waals surface area contributed by atoms with Gasteiger partial charge in [0, 0.05) is 12.6 Å². The molecule has 4 unspecified atom stereocenters. The summed E-state index contributed by atoms with van der Waals surface area (Å²) in [5.41, 5.74) is -0.444. The first-order valence-corrected chi connectivity index (χ1v) is 7.94. The predicted octanol–water partition coefficient (Wildman–Crippen LogP) is 3.73. The first kappa shape index (κ1) is 16.0. The molecule has 0 spiro atoms. The molecule has 2 heteroatoms. The van der Waals surface area contributed by atoms with Crippen LogP contribution in [0.25, 0.3) is 0 Å². The van der Waals surface area contributed by atoms with Crippen LogP contribution in [0.15, 0.2) is 0 Å². The second-order valence-electron chi connectivity index (χ2n) is 6.66. The van der Waals surface area contributed by atoms with E-state index in [1.54, 1.807) is 0 Å². The second kappa shape index (κ2) is 7.49. The van der Waals surface area contributed by atoms with Crippen LogP contribution in [0.4, 0.5) is 0 Å². The first-order chi connectivity index (χ1) is 8.49. The van der Waals surface area contributed by atoms with Crippen molar-refractivity contribution >= 4 is 0 Å². The van der Waals surface area contributed by atoms with E-state index in [2.05, 4.69) is 33.0 Å². The molecule has 0 bridgehead atoms. The maximum Gasteiger partial charge on any atom is 0.0774 e. The molecule has 1 aliphatic carbocycles. The molecular weight excluding hydrogens is 222 g/mol. The van der Waals surface area contributed by atoms with Crippen molar-refractivity contribution in [2.24, 2.45) is 11.8 Å². The summed E-state index contributed by atoms with van der Waals surface area (Å²) in [6.07, 6.45) is 8.06. The lowest BCUT2D eigenvalue weighted by atomic mass is 9.78. The Labute approximate surface area is 114 Å². The van der Waals surface area contributed by atoms with Gasteiger partial charge in [-0.25, -0.2) is 0 Å². The molecule has 2 nitrogen and oxygen atoms in total. The Morgan fingerprint density at radius 3 is 2.61 bits per heavy atom. The molecule has 4 atom stereocenters. The minimum absolute atomic E-state index is 0.444. The molecule has 1 aliphatic rings. The van der Waals surface area contributed by atoms with Gasteiger partial charge in [0.05, 0.1) is 5.60 Å². The van der Waals surface area contributed by atoms with Gasteiger partial charge in [-0.3, -0.25) is 0 Å². The highest BCUT2D eigenvalue weighted by molar-refractivity contribution is 4.88. The van der Waals surface area contributed by atoms with E-state index in [-0.39, 0.29) is 0 Å². The van der Waals surface area contributed by atoms with Crippen molar-refractivity contribution in [3.8, 4) is 0 Å². The predicted molar refractivity (Wildman–Crippen MR) is 78.7 cm³/mol. The topological polar surface area (TPSA) is 32.3 Å². The Hall–Kier alpha value is -0.0800. The molecule has 18 heavy (non-hydrogen) atoms. The minimum Gasteiger partial charge on any atom is -0.389 e. The number of aliphatic hydroxyl groups is 1. The van der Waals surface area contributed by atoms with Gasteiger partial charge in [-0.15, -0.1) is 0 Å². The van der Waals surface area contributed by atoms with Crippen molar-refractivity contribution in [3.63, 3.8) is 0 Å². The quantitative estimate of drug-likeness (QED) is 0.726. The van der Waals surface area contributed by atoms with E-state index >= 15 is 0 Å². The molecule has 0 aliphatic heterocycles. The fourth-order valence-corrected chi connectivity index (χ4v) is 3.17. The second-order valence-corrected chi connectivity index (χ2v) is 6.66. The number of hydrogen-bond donors (Lipinski definition) is 2. The van der Waals surface area contributed by atoms with Crippen molar-refractivity contribution in [3.05, 3.63) is 0 Å². The van der Waals surface area contributed by atoms with E-state index in [0.29, 0.717) is 12.0 Å². The lowest BCUT2D eigenvalue weighted by Gasteiger charge is -2.37. The van der Waals surface area contributed by atoms with Crippen molar-refractivity contribution in [2.75, 3.05) is 6.54 Å². The third kappa shape index (κ3) is 5.27. The van der Waals surface area contributed by atoms with Crippen LogP contribution in [0.1, 0.15) is 72.6 Å². The zero-order valence-corrected chi connectivity index (χ0v) is 12.8. The zero-order valence-electron chi connectivity index (χ0n) is 12.8. The van der Waals surface area contributed by atoms with Gasteiger partial charge in [-0.2, -0.15) is 0 Å². The van der Waals surface area contributed by atoms with E-state index in [1.165, 1.54) is 25.7 Å². The number of nitrogens with one attached hydrogen (secondary N) is 1. The van der Waals surface area contributed by atoms with E-state index in [0.717, 1.165) is 31.7 Å². The standard InChI is InChI=1S/C16H33NO/c1-5-13(3)10-15(6-2)17-12-16(18)9-7-8-14(4)11-16/h13-15,17-18H,5-12H2,1-4H3. The van der Waals surface area contributed by atoms with Crippen LogP contribution < -0.4 is 5.32 Å². The van der Waals surface area contributed by atoms with Crippen LogP contribution in [0.5, 0.6) is 0 Å². The lowest BCUT2D eigenvalue weighted by Crippen LogP contribution is -2.47. The van der Waals surface area contributed by atoms with Gasteiger partial charge in [-0.05, 0) is 37.5 Å². The summed E-state index contributed by atoms with van der Waals surface area (Å²) in [4.78, 5) is 0. The van der Waals surface area contributed by atoms with Gasteiger partial charge >= 0.3 is 0 Å². The lowest BCUT2D eigenvalue weighted by molar-refractivity contribution is -0.0143. The molecule has 0 saturated heterocycles. The van der Waals surface area contributed by atoms with Crippen LogP contribution in [-0.4, -0.2) is 23.3 Å². The molecule has 0 aromatic heterocycles. The Morgan fingerprint density at radius 2 is 2.06 bits per heavy atom. The maximum atomic E-state index is 10.6. The first-order valence-electron chi connectivity index (χ1n) is 7.94. The summed E-state index contributed by atoms with van der Waals surface area (Å²) in [5, 5.41) is 14.2. The number of rotatable bonds is 7. The van der Waals surface area contributed by atoms with Gasteiger partial charge in [0.2, 0.25) is 0 Å². The minimum atomic E-state index is -0.444. The Balaban J connectivity index is 2.36. The van der Waals surface area contributed by atoms with Crippen molar-refractivity contribution in [2.45, 2.75) is 84.3 Å². The molecule has 1 fully saturated rings. The summed E-state index contributed by atoms with van der Waals surface area (Å²) >= 11 is 0.